The van der Waals surface area contributed by atoms with Crippen LogP contribution in [0.3, 0.4) is 0 Å². The largest absolute Gasteiger partial charge is 0.384 e. The Morgan fingerprint density at radius 2 is 2.00 bits per heavy atom. The molecule has 0 saturated heterocycles. The fraction of sp³-hybridized carbons (Fsp3) is 0.800. The van der Waals surface area contributed by atoms with Crippen molar-refractivity contribution in [1.82, 2.24) is 10.1 Å². The van der Waals surface area contributed by atoms with E-state index in [-0.39, 0.29) is 17.4 Å². The van der Waals surface area contributed by atoms with Gasteiger partial charge in [0, 0.05) is 7.11 Å². The first-order chi connectivity index (χ1) is 6.86. The van der Waals surface area contributed by atoms with Gasteiger partial charge in [0.05, 0.1) is 0 Å². The third-order valence-corrected chi connectivity index (χ3v) is 2.07. The molecule has 1 heterocycles. The van der Waals surface area contributed by atoms with Gasteiger partial charge in [-0.3, -0.25) is 0 Å². The molecule has 1 unspecified atom stereocenters. The number of hydrogen-bond acceptors (Lipinski definition) is 5. The Labute approximate surface area is 89.4 Å². The molecule has 86 valence electrons. The summed E-state index contributed by atoms with van der Waals surface area (Å²) in [5.41, 5.74) is -0.116. The zero-order valence-electron chi connectivity index (χ0n) is 9.81. The van der Waals surface area contributed by atoms with Crippen LogP contribution in [-0.2, 0) is 4.74 Å². The number of aliphatic hydroxyl groups excluding tert-OH is 1. The van der Waals surface area contributed by atoms with Crippen LogP contribution in [0.4, 0.5) is 0 Å². The van der Waals surface area contributed by atoms with Gasteiger partial charge in [0.25, 0.3) is 5.89 Å². The van der Waals surface area contributed by atoms with Crippen molar-refractivity contribution >= 4 is 0 Å². The highest BCUT2D eigenvalue weighted by Crippen LogP contribution is 2.34. The maximum absolute atomic E-state index is 9.26. The van der Waals surface area contributed by atoms with Crippen LogP contribution in [0.15, 0.2) is 4.52 Å². The van der Waals surface area contributed by atoms with Gasteiger partial charge in [-0.15, -0.1) is 0 Å². The lowest BCUT2D eigenvalue weighted by atomic mass is 9.88. The van der Waals surface area contributed by atoms with Gasteiger partial charge in [0.15, 0.2) is 0 Å². The Bertz CT molecular complexity index is 315. The Morgan fingerprint density at radius 1 is 1.40 bits per heavy atom. The van der Waals surface area contributed by atoms with Gasteiger partial charge in [-0.1, -0.05) is 25.9 Å². The number of nitrogens with zero attached hydrogens (tertiary/aromatic N) is 2. The fourth-order valence-electron chi connectivity index (χ4n) is 1.37. The first kappa shape index (κ1) is 12.1. The average Bonchev–Trinajstić information content (AvgIpc) is 2.51. The summed E-state index contributed by atoms with van der Waals surface area (Å²) >= 11 is 0. The van der Waals surface area contributed by atoms with E-state index in [0.717, 1.165) is 0 Å². The lowest BCUT2D eigenvalue weighted by molar-refractivity contribution is 0.00718. The van der Waals surface area contributed by atoms with E-state index in [1.165, 1.54) is 0 Å². The smallest absolute Gasteiger partial charge is 0.255 e. The molecule has 1 rings (SSSR count). The van der Waals surface area contributed by atoms with E-state index >= 15 is 0 Å². The maximum Gasteiger partial charge on any atom is 0.255 e. The van der Waals surface area contributed by atoms with E-state index in [9.17, 15) is 5.11 Å². The van der Waals surface area contributed by atoms with Crippen molar-refractivity contribution < 1.29 is 14.4 Å². The summed E-state index contributed by atoms with van der Waals surface area (Å²) in [5, 5.41) is 13.1. The molecular weight excluding hydrogens is 196 g/mol. The van der Waals surface area contributed by atoms with Gasteiger partial charge in [-0.05, 0) is 12.3 Å². The molecule has 0 radical (unpaired) electrons. The van der Waals surface area contributed by atoms with Crippen LogP contribution >= 0.6 is 0 Å². The highest BCUT2D eigenvalue weighted by atomic mass is 16.5. The van der Waals surface area contributed by atoms with Gasteiger partial charge in [0.1, 0.15) is 12.2 Å². The molecule has 5 heteroatoms. The van der Waals surface area contributed by atoms with E-state index in [1.54, 1.807) is 14.0 Å². The van der Waals surface area contributed by atoms with Crippen LogP contribution in [0, 0.1) is 5.41 Å². The minimum absolute atomic E-state index is 0.116. The first-order valence-electron chi connectivity index (χ1n) is 4.90. The molecule has 0 spiro atoms. The second-order valence-electron chi connectivity index (χ2n) is 4.65. The first-order valence-corrected chi connectivity index (χ1v) is 4.90. The lowest BCUT2D eigenvalue weighted by Crippen LogP contribution is -2.21. The van der Waals surface area contributed by atoms with Crippen LogP contribution in [0.2, 0.25) is 0 Å². The Balaban J connectivity index is 2.93. The van der Waals surface area contributed by atoms with Gasteiger partial charge >= 0.3 is 0 Å². The lowest BCUT2D eigenvalue weighted by Gasteiger charge is -2.26. The van der Waals surface area contributed by atoms with Crippen LogP contribution in [-0.4, -0.2) is 22.4 Å². The van der Waals surface area contributed by atoms with Crippen LogP contribution in [0.1, 0.15) is 51.6 Å². The van der Waals surface area contributed by atoms with E-state index < -0.39 is 6.10 Å². The minimum Gasteiger partial charge on any atom is -0.384 e. The van der Waals surface area contributed by atoms with E-state index in [1.807, 2.05) is 20.8 Å². The fourth-order valence-corrected chi connectivity index (χ4v) is 1.37. The molecule has 0 aliphatic heterocycles. The van der Waals surface area contributed by atoms with Crippen LogP contribution in [0.25, 0.3) is 0 Å². The molecule has 1 aromatic heterocycles. The summed E-state index contributed by atoms with van der Waals surface area (Å²) in [5.74, 6) is 0.692. The molecule has 0 aromatic carbocycles. The van der Waals surface area contributed by atoms with Gasteiger partial charge < -0.3 is 14.4 Å². The highest BCUT2D eigenvalue weighted by molar-refractivity contribution is 4.97. The SMILES string of the molecule is COC(c1noc([C@H](C)O)n1)C(C)(C)C. The zero-order valence-corrected chi connectivity index (χ0v) is 9.81. The van der Waals surface area contributed by atoms with Crippen LogP contribution in [0.5, 0.6) is 0 Å². The van der Waals surface area contributed by atoms with Gasteiger partial charge in [0.2, 0.25) is 5.82 Å². The van der Waals surface area contributed by atoms with Gasteiger partial charge in [-0.25, -0.2) is 0 Å². The summed E-state index contributed by atoms with van der Waals surface area (Å²) in [4.78, 5) is 4.09. The predicted molar refractivity (Wildman–Crippen MR) is 54.1 cm³/mol. The molecule has 0 bridgehead atoms. The highest BCUT2D eigenvalue weighted by Gasteiger charge is 2.30. The molecule has 5 nitrogen and oxygen atoms in total. The Hall–Kier alpha value is -0.940. The van der Waals surface area contributed by atoms with Crippen molar-refractivity contribution in [2.45, 2.75) is 39.9 Å². The summed E-state index contributed by atoms with van der Waals surface area (Å²) in [6.07, 6.45) is -0.988. The molecule has 0 amide bonds. The molecule has 15 heavy (non-hydrogen) atoms. The number of aliphatic hydroxyl groups is 1. The van der Waals surface area contributed by atoms with Crippen molar-refractivity contribution in [3.05, 3.63) is 11.7 Å². The Kier molecular flexibility index (Phi) is 3.46. The van der Waals surface area contributed by atoms with E-state index in [4.69, 9.17) is 9.26 Å². The monoisotopic (exact) mass is 214 g/mol. The molecule has 2 atom stereocenters. The minimum atomic E-state index is -0.747. The van der Waals surface area contributed by atoms with Crippen molar-refractivity contribution in [1.29, 1.82) is 0 Å². The van der Waals surface area contributed by atoms with E-state index in [0.29, 0.717) is 5.82 Å². The summed E-state index contributed by atoms with van der Waals surface area (Å²) in [7, 11) is 1.61. The van der Waals surface area contributed by atoms with Gasteiger partial charge in [-0.2, -0.15) is 4.98 Å². The molecule has 1 aromatic rings. The van der Waals surface area contributed by atoms with E-state index in [2.05, 4.69) is 10.1 Å². The van der Waals surface area contributed by atoms with Crippen molar-refractivity contribution in [2.24, 2.45) is 5.41 Å². The summed E-state index contributed by atoms with van der Waals surface area (Å²) < 4.78 is 10.2. The molecular formula is C10H18N2O3. The molecule has 0 fully saturated rings. The molecule has 1 N–H and O–H groups in total. The van der Waals surface area contributed by atoms with Crippen molar-refractivity contribution in [3.8, 4) is 0 Å². The van der Waals surface area contributed by atoms with Crippen molar-refractivity contribution in [2.75, 3.05) is 7.11 Å². The third-order valence-electron chi connectivity index (χ3n) is 2.07. The number of hydrogen-bond donors (Lipinski definition) is 1. The Morgan fingerprint density at radius 3 is 2.33 bits per heavy atom. The maximum atomic E-state index is 9.26. The molecule has 0 aliphatic carbocycles. The topological polar surface area (TPSA) is 68.4 Å². The van der Waals surface area contributed by atoms with Crippen LogP contribution < -0.4 is 0 Å². The van der Waals surface area contributed by atoms with Crippen molar-refractivity contribution in [3.63, 3.8) is 0 Å². The third kappa shape index (κ3) is 2.76. The average molecular weight is 214 g/mol. The number of ether oxygens (including phenoxy) is 1. The zero-order chi connectivity index (χ0) is 11.6. The number of methoxy groups -OCH3 is 1. The second-order valence-corrected chi connectivity index (χ2v) is 4.65. The summed E-state index contributed by atoms with van der Waals surface area (Å²) in [6.45, 7) is 7.66. The quantitative estimate of drug-likeness (QED) is 0.831. The second kappa shape index (κ2) is 4.28. The molecule has 0 aliphatic rings. The standard InChI is InChI=1S/C10H18N2O3/c1-6(13)9-11-8(12-15-9)7(14-5)10(2,3)4/h6-7,13H,1-5H3/t6-,7?/m0/s1. The number of aromatic nitrogens is 2. The summed E-state index contributed by atoms with van der Waals surface area (Å²) in [6, 6.07) is 0. The predicted octanol–water partition coefficient (Wildman–Crippen LogP) is 1.86. The molecule has 0 saturated carbocycles. The number of rotatable bonds is 3. The normalized spacial score (nSPS) is 16.4.